The molecule has 0 spiro atoms. The molecule has 0 aromatic carbocycles. The van der Waals surface area contributed by atoms with Crippen LogP contribution < -0.4 is 11.1 Å². The summed E-state index contributed by atoms with van der Waals surface area (Å²) in [5.74, 6) is -0.223. The summed E-state index contributed by atoms with van der Waals surface area (Å²) >= 11 is 12.8. The summed E-state index contributed by atoms with van der Waals surface area (Å²) in [4.78, 5) is 19.7. The summed E-state index contributed by atoms with van der Waals surface area (Å²) in [6.45, 7) is 0. The molecule has 0 saturated carbocycles. The Morgan fingerprint density at radius 3 is 2.82 bits per heavy atom. The highest BCUT2D eigenvalue weighted by Crippen LogP contribution is 2.27. The molecule has 2 rings (SSSR count). The Labute approximate surface area is 111 Å². The Hall–Kier alpha value is -1.37. The molecule has 17 heavy (non-hydrogen) atoms. The van der Waals surface area contributed by atoms with Gasteiger partial charge in [-0.3, -0.25) is 4.79 Å². The van der Waals surface area contributed by atoms with Gasteiger partial charge in [-0.15, -0.1) is 11.3 Å². The van der Waals surface area contributed by atoms with Crippen molar-refractivity contribution in [3.8, 4) is 0 Å². The maximum atomic E-state index is 11.8. The van der Waals surface area contributed by atoms with Crippen LogP contribution in [0, 0.1) is 0 Å². The van der Waals surface area contributed by atoms with E-state index < -0.39 is 0 Å². The van der Waals surface area contributed by atoms with Gasteiger partial charge in [0, 0.05) is 0 Å². The standard InChI is InChI=1S/C9H6Cl2N4OS/c10-5-7(11)13-3-14-8(5)15-9(16)6-4(12)1-2-17-6/h1-3H,12H2,(H,13,14,15,16). The summed E-state index contributed by atoms with van der Waals surface area (Å²) in [7, 11) is 0. The number of amides is 1. The first kappa shape index (κ1) is 12.1. The lowest BCUT2D eigenvalue weighted by atomic mass is 10.4. The third-order valence-corrected chi connectivity index (χ3v) is 3.55. The van der Waals surface area contributed by atoms with Crippen LogP contribution in [0.15, 0.2) is 17.8 Å². The van der Waals surface area contributed by atoms with E-state index in [-0.39, 0.29) is 21.9 Å². The second-order valence-corrected chi connectivity index (χ2v) is 4.64. The molecule has 3 N–H and O–H groups in total. The van der Waals surface area contributed by atoms with E-state index >= 15 is 0 Å². The fourth-order valence-corrected chi connectivity index (χ4v) is 2.09. The summed E-state index contributed by atoms with van der Waals surface area (Å²) in [5.41, 5.74) is 6.03. The van der Waals surface area contributed by atoms with E-state index in [2.05, 4.69) is 15.3 Å². The largest absolute Gasteiger partial charge is 0.397 e. The smallest absolute Gasteiger partial charge is 0.269 e. The summed E-state index contributed by atoms with van der Waals surface area (Å²) in [6, 6.07) is 1.65. The number of nitrogen functional groups attached to an aromatic ring is 1. The SMILES string of the molecule is Nc1ccsc1C(=O)Nc1ncnc(Cl)c1Cl. The minimum absolute atomic E-state index is 0.0797. The summed E-state index contributed by atoms with van der Waals surface area (Å²) in [5, 5.41) is 4.41. The molecule has 5 nitrogen and oxygen atoms in total. The van der Waals surface area contributed by atoms with Crippen LogP contribution in [0.1, 0.15) is 9.67 Å². The molecule has 0 bridgehead atoms. The predicted molar refractivity (Wildman–Crippen MR) is 68.7 cm³/mol. The van der Waals surface area contributed by atoms with Crippen molar-refractivity contribution in [1.29, 1.82) is 0 Å². The molecule has 0 aliphatic rings. The molecule has 0 aliphatic heterocycles. The van der Waals surface area contributed by atoms with Gasteiger partial charge in [-0.25, -0.2) is 9.97 Å². The van der Waals surface area contributed by atoms with Crippen LogP contribution in [0.25, 0.3) is 0 Å². The van der Waals surface area contributed by atoms with Gasteiger partial charge in [0.05, 0.1) is 5.69 Å². The molecule has 0 atom stereocenters. The maximum Gasteiger partial charge on any atom is 0.269 e. The van der Waals surface area contributed by atoms with E-state index in [4.69, 9.17) is 28.9 Å². The van der Waals surface area contributed by atoms with Crippen molar-refractivity contribution in [2.24, 2.45) is 0 Å². The first-order chi connectivity index (χ1) is 8.09. The molecule has 0 saturated heterocycles. The van der Waals surface area contributed by atoms with E-state index in [1.807, 2.05) is 0 Å². The zero-order valence-electron chi connectivity index (χ0n) is 8.28. The van der Waals surface area contributed by atoms with Gasteiger partial charge in [0.25, 0.3) is 5.91 Å². The number of carbonyl (C=O) groups is 1. The third kappa shape index (κ3) is 2.49. The zero-order chi connectivity index (χ0) is 12.4. The van der Waals surface area contributed by atoms with Crippen molar-refractivity contribution in [1.82, 2.24) is 9.97 Å². The van der Waals surface area contributed by atoms with E-state index in [9.17, 15) is 4.79 Å². The van der Waals surface area contributed by atoms with Crippen molar-refractivity contribution in [2.45, 2.75) is 0 Å². The van der Waals surface area contributed by atoms with E-state index in [1.54, 1.807) is 11.4 Å². The fraction of sp³-hybridized carbons (Fsp3) is 0. The van der Waals surface area contributed by atoms with Crippen LogP contribution in [0.5, 0.6) is 0 Å². The molecular formula is C9H6Cl2N4OS. The number of anilines is 2. The molecule has 0 unspecified atom stereocenters. The molecule has 2 heterocycles. The van der Waals surface area contributed by atoms with Crippen LogP contribution in [-0.4, -0.2) is 15.9 Å². The molecule has 0 aliphatic carbocycles. The van der Waals surface area contributed by atoms with Gasteiger partial charge < -0.3 is 11.1 Å². The van der Waals surface area contributed by atoms with Gasteiger partial charge in [0.2, 0.25) is 0 Å². The summed E-state index contributed by atoms with van der Waals surface area (Å²) < 4.78 is 0. The minimum Gasteiger partial charge on any atom is -0.397 e. The monoisotopic (exact) mass is 288 g/mol. The maximum absolute atomic E-state index is 11.8. The van der Waals surface area contributed by atoms with E-state index in [0.717, 1.165) is 0 Å². The highest BCUT2D eigenvalue weighted by atomic mass is 35.5. The average molecular weight is 289 g/mol. The zero-order valence-corrected chi connectivity index (χ0v) is 10.6. The molecule has 88 valence electrons. The van der Waals surface area contributed by atoms with Crippen molar-refractivity contribution in [2.75, 3.05) is 11.1 Å². The number of thiophene rings is 1. The molecule has 0 fully saturated rings. The van der Waals surface area contributed by atoms with Gasteiger partial charge in [0.15, 0.2) is 11.0 Å². The average Bonchev–Trinajstić information content (AvgIpc) is 2.71. The topological polar surface area (TPSA) is 80.9 Å². The van der Waals surface area contributed by atoms with Crippen LogP contribution in [-0.2, 0) is 0 Å². The third-order valence-electron chi connectivity index (χ3n) is 1.88. The van der Waals surface area contributed by atoms with Crippen LogP contribution in [0.4, 0.5) is 11.5 Å². The van der Waals surface area contributed by atoms with Crippen LogP contribution >= 0.6 is 34.5 Å². The fourth-order valence-electron chi connectivity index (χ4n) is 1.10. The summed E-state index contributed by atoms with van der Waals surface area (Å²) in [6.07, 6.45) is 1.21. The number of nitrogens with two attached hydrogens (primary N) is 1. The van der Waals surface area contributed by atoms with Gasteiger partial charge in [-0.2, -0.15) is 0 Å². The molecule has 0 radical (unpaired) electrons. The Kier molecular flexibility index (Phi) is 3.46. The predicted octanol–water partition coefficient (Wildman–Crippen LogP) is 2.68. The molecular weight excluding hydrogens is 283 g/mol. The van der Waals surface area contributed by atoms with Gasteiger partial charge in [-0.05, 0) is 11.4 Å². The number of carbonyl (C=O) groups excluding carboxylic acids is 1. The minimum atomic E-state index is -0.380. The first-order valence-corrected chi connectivity index (χ1v) is 6.03. The second-order valence-electron chi connectivity index (χ2n) is 2.99. The lowest BCUT2D eigenvalue weighted by Crippen LogP contribution is -2.13. The number of aromatic nitrogens is 2. The van der Waals surface area contributed by atoms with E-state index in [1.165, 1.54) is 17.7 Å². The highest BCUT2D eigenvalue weighted by molar-refractivity contribution is 7.12. The van der Waals surface area contributed by atoms with Crippen molar-refractivity contribution in [3.63, 3.8) is 0 Å². The lowest BCUT2D eigenvalue weighted by molar-refractivity contribution is 0.103. The van der Waals surface area contributed by atoms with Gasteiger partial charge in [0.1, 0.15) is 16.2 Å². The Balaban J connectivity index is 2.25. The van der Waals surface area contributed by atoms with E-state index in [0.29, 0.717) is 10.6 Å². The van der Waals surface area contributed by atoms with Crippen molar-refractivity contribution >= 4 is 52.0 Å². The lowest BCUT2D eigenvalue weighted by Gasteiger charge is -2.05. The number of nitrogens with zero attached hydrogens (tertiary/aromatic N) is 2. The van der Waals surface area contributed by atoms with Crippen LogP contribution in [0.2, 0.25) is 10.2 Å². The number of halogens is 2. The number of rotatable bonds is 2. The Morgan fingerprint density at radius 2 is 2.18 bits per heavy atom. The number of nitrogens with one attached hydrogen (secondary N) is 1. The molecule has 8 heteroatoms. The molecule has 2 aromatic rings. The Bertz CT molecular complexity index is 572. The molecule has 2 aromatic heterocycles. The first-order valence-electron chi connectivity index (χ1n) is 4.40. The number of hydrogen-bond donors (Lipinski definition) is 2. The van der Waals surface area contributed by atoms with Crippen LogP contribution in [0.3, 0.4) is 0 Å². The molecule has 1 amide bonds. The van der Waals surface area contributed by atoms with Crippen molar-refractivity contribution < 1.29 is 4.79 Å². The van der Waals surface area contributed by atoms with Gasteiger partial charge in [-0.1, -0.05) is 23.2 Å². The Morgan fingerprint density at radius 1 is 1.41 bits per heavy atom. The van der Waals surface area contributed by atoms with Crippen molar-refractivity contribution in [3.05, 3.63) is 32.8 Å². The van der Waals surface area contributed by atoms with Gasteiger partial charge >= 0.3 is 0 Å². The highest BCUT2D eigenvalue weighted by Gasteiger charge is 2.15. The second kappa shape index (κ2) is 4.87. The normalized spacial score (nSPS) is 10.2. The number of hydrogen-bond acceptors (Lipinski definition) is 5. The quantitative estimate of drug-likeness (QED) is 0.833.